The number of rotatable bonds is 3. The zero-order valence-corrected chi connectivity index (χ0v) is 9.70. The molecule has 1 heterocycles. The van der Waals surface area contributed by atoms with Crippen LogP contribution < -0.4 is 4.74 Å². The molecule has 3 nitrogen and oxygen atoms in total. The third-order valence-corrected chi connectivity index (χ3v) is 2.58. The standard InChI is InChI=1S/C13H15NO2/c1-4-13(16-3)12-8-9-7-10(15-2)5-6-11(9)14-12/h4-8,14H,1-3H3/b13-4-. The molecule has 0 spiro atoms. The molecular formula is C13H15NO2. The summed E-state index contributed by atoms with van der Waals surface area (Å²) in [4.78, 5) is 3.30. The van der Waals surface area contributed by atoms with Crippen molar-refractivity contribution in [3.8, 4) is 5.75 Å². The fourth-order valence-corrected chi connectivity index (χ4v) is 1.75. The van der Waals surface area contributed by atoms with Crippen molar-refractivity contribution in [1.29, 1.82) is 0 Å². The first-order valence-corrected chi connectivity index (χ1v) is 5.16. The number of H-pyrrole nitrogens is 1. The molecule has 0 unspecified atom stereocenters. The first-order chi connectivity index (χ1) is 7.78. The molecule has 1 aromatic carbocycles. The number of methoxy groups -OCH3 is 2. The number of hydrogen-bond acceptors (Lipinski definition) is 2. The minimum Gasteiger partial charge on any atom is -0.497 e. The van der Waals surface area contributed by atoms with Gasteiger partial charge in [-0.3, -0.25) is 0 Å². The van der Waals surface area contributed by atoms with E-state index >= 15 is 0 Å². The van der Waals surface area contributed by atoms with Gasteiger partial charge in [0.15, 0.2) is 0 Å². The highest BCUT2D eigenvalue weighted by Gasteiger charge is 2.05. The Kier molecular flexibility index (Phi) is 2.86. The fraction of sp³-hybridized carbons (Fsp3) is 0.231. The number of benzene rings is 1. The van der Waals surface area contributed by atoms with Crippen molar-refractivity contribution < 1.29 is 9.47 Å². The Balaban J connectivity index is 2.51. The van der Waals surface area contributed by atoms with Crippen LogP contribution in [0.4, 0.5) is 0 Å². The van der Waals surface area contributed by atoms with Crippen LogP contribution in [0.3, 0.4) is 0 Å². The van der Waals surface area contributed by atoms with Crippen LogP contribution in [-0.2, 0) is 4.74 Å². The lowest BCUT2D eigenvalue weighted by Crippen LogP contribution is -1.85. The topological polar surface area (TPSA) is 34.2 Å². The average Bonchev–Trinajstić information content (AvgIpc) is 2.72. The number of aromatic nitrogens is 1. The summed E-state index contributed by atoms with van der Waals surface area (Å²) in [5, 5.41) is 1.12. The van der Waals surface area contributed by atoms with Gasteiger partial charge >= 0.3 is 0 Å². The minimum absolute atomic E-state index is 0.843. The Bertz CT molecular complexity index is 526. The maximum absolute atomic E-state index is 5.27. The first-order valence-electron chi connectivity index (χ1n) is 5.16. The normalized spacial score (nSPS) is 11.8. The lowest BCUT2D eigenvalue weighted by atomic mass is 10.2. The van der Waals surface area contributed by atoms with E-state index in [9.17, 15) is 0 Å². The second-order valence-corrected chi connectivity index (χ2v) is 3.49. The van der Waals surface area contributed by atoms with E-state index in [1.54, 1.807) is 14.2 Å². The quantitative estimate of drug-likeness (QED) is 0.801. The fourth-order valence-electron chi connectivity index (χ4n) is 1.75. The maximum atomic E-state index is 5.27. The molecule has 0 aliphatic carbocycles. The highest BCUT2D eigenvalue weighted by Crippen LogP contribution is 2.24. The summed E-state index contributed by atoms with van der Waals surface area (Å²) in [6, 6.07) is 7.99. The molecule has 2 aromatic rings. The van der Waals surface area contributed by atoms with E-state index in [4.69, 9.17) is 9.47 Å². The average molecular weight is 217 g/mol. The highest BCUT2D eigenvalue weighted by atomic mass is 16.5. The van der Waals surface area contributed by atoms with Crippen molar-refractivity contribution in [2.75, 3.05) is 14.2 Å². The van der Waals surface area contributed by atoms with E-state index in [0.29, 0.717) is 0 Å². The monoisotopic (exact) mass is 217 g/mol. The van der Waals surface area contributed by atoms with Crippen molar-refractivity contribution in [3.63, 3.8) is 0 Å². The maximum Gasteiger partial charge on any atom is 0.138 e. The second-order valence-electron chi connectivity index (χ2n) is 3.49. The number of fused-ring (bicyclic) bond motifs is 1. The van der Waals surface area contributed by atoms with Gasteiger partial charge in [0.05, 0.1) is 19.9 Å². The Morgan fingerprint density at radius 3 is 2.69 bits per heavy atom. The number of hydrogen-bond donors (Lipinski definition) is 1. The zero-order valence-electron chi connectivity index (χ0n) is 9.70. The second kappa shape index (κ2) is 4.31. The smallest absolute Gasteiger partial charge is 0.138 e. The van der Waals surface area contributed by atoms with E-state index in [1.165, 1.54) is 0 Å². The molecule has 2 rings (SSSR count). The van der Waals surface area contributed by atoms with Crippen molar-refractivity contribution >= 4 is 16.7 Å². The van der Waals surface area contributed by atoms with E-state index < -0.39 is 0 Å². The zero-order chi connectivity index (χ0) is 11.5. The number of aromatic amines is 1. The minimum atomic E-state index is 0.843. The third kappa shape index (κ3) is 1.76. The van der Waals surface area contributed by atoms with Gasteiger partial charge in [0.2, 0.25) is 0 Å². The van der Waals surface area contributed by atoms with E-state index in [0.717, 1.165) is 28.1 Å². The Hall–Kier alpha value is -1.90. The highest BCUT2D eigenvalue weighted by molar-refractivity contribution is 5.85. The van der Waals surface area contributed by atoms with Gasteiger partial charge in [-0.05, 0) is 37.3 Å². The Morgan fingerprint density at radius 2 is 2.06 bits per heavy atom. The third-order valence-electron chi connectivity index (χ3n) is 2.58. The van der Waals surface area contributed by atoms with Crippen LogP contribution in [0.2, 0.25) is 0 Å². The van der Waals surface area contributed by atoms with Gasteiger partial charge in [-0.15, -0.1) is 0 Å². The van der Waals surface area contributed by atoms with Gasteiger partial charge in [-0.1, -0.05) is 0 Å². The van der Waals surface area contributed by atoms with Gasteiger partial charge in [-0.2, -0.15) is 0 Å². The molecule has 1 N–H and O–H groups in total. The molecule has 0 bridgehead atoms. The van der Waals surface area contributed by atoms with Crippen LogP contribution in [0, 0.1) is 0 Å². The van der Waals surface area contributed by atoms with Crippen LogP contribution in [-0.4, -0.2) is 19.2 Å². The van der Waals surface area contributed by atoms with Crippen molar-refractivity contribution in [1.82, 2.24) is 4.98 Å². The van der Waals surface area contributed by atoms with E-state index in [-0.39, 0.29) is 0 Å². The van der Waals surface area contributed by atoms with Crippen molar-refractivity contribution in [3.05, 3.63) is 36.0 Å². The molecule has 0 radical (unpaired) electrons. The van der Waals surface area contributed by atoms with Crippen molar-refractivity contribution in [2.24, 2.45) is 0 Å². The molecule has 0 saturated heterocycles. The van der Waals surface area contributed by atoms with E-state index in [1.807, 2.05) is 31.2 Å². The van der Waals surface area contributed by atoms with Gasteiger partial charge in [0.25, 0.3) is 0 Å². The molecule has 0 saturated carbocycles. The van der Waals surface area contributed by atoms with Crippen LogP contribution >= 0.6 is 0 Å². The summed E-state index contributed by atoms with van der Waals surface area (Å²) < 4.78 is 10.5. The molecule has 3 heteroatoms. The number of ether oxygens (including phenoxy) is 2. The summed E-state index contributed by atoms with van der Waals surface area (Å²) in [5.74, 6) is 1.70. The molecule has 0 amide bonds. The Morgan fingerprint density at radius 1 is 1.25 bits per heavy atom. The number of allylic oxidation sites excluding steroid dienone is 1. The molecule has 16 heavy (non-hydrogen) atoms. The van der Waals surface area contributed by atoms with Gasteiger partial charge in [-0.25, -0.2) is 0 Å². The molecule has 1 aromatic heterocycles. The summed E-state index contributed by atoms with van der Waals surface area (Å²) in [7, 11) is 3.34. The summed E-state index contributed by atoms with van der Waals surface area (Å²) in [6.45, 7) is 1.95. The number of nitrogens with one attached hydrogen (secondary N) is 1. The van der Waals surface area contributed by atoms with Crippen LogP contribution in [0.1, 0.15) is 12.6 Å². The molecule has 0 aliphatic heterocycles. The lowest BCUT2D eigenvalue weighted by Gasteiger charge is -2.00. The van der Waals surface area contributed by atoms with Crippen molar-refractivity contribution in [2.45, 2.75) is 6.92 Å². The summed E-state index contributed by atoms with van der Waals surface area (Å²) in [5.41, 5.74) is 2.06. The summed E-state index contributed by atoms with van der Waals surface area (Å²) >= 11 is 0. The molecule has 0 aliphatic rings. The lowest BCUT2D eigenvalue weighted by molar-refractivity contribution is 0.368. The first kappa shape index (κ1) is 10.6. The SMILES string of the molecule is C/C=C(\OC)c1cc2cc(OC)ccc2[nH]1. The molecule has 0 fully saturated rings. The largest absolute Gasteiger partial charge is 0.497 e. The van der Waals surface area contributed by atoms with E-state index in [2.05, 4.69) is 11.1 Å². The van der Waals surface area contributed by atoms with Crippen LogP contribution in [0.5, 0.6) is 5.75 Å². The predicted molar refractivity (Wildman–Crippen MR) is 65.5 cm³/mol. The predicted octanol–water partition coefficient (Wildman–Crippen LogP) is 3.18. The van der Waals surface area contributed by atoms with Crippen LogP contribution in [0.15, 0.2) is 30.3 Å². The van der Waals surface area contributed by atoms with Gasteiger partial charge in [0, 0.05) is 10.9 Å². The van der Waals surface area contributed by atoms with Gasteiger partial charge in [0.1, 0.15) is 11.5 Å². The van der Waals surface area contributed by atoms with Crippen LogP contribution in [0.25, 0.3) is 16.7 Å². The van der Waals surface area contributed by atoms with Gasteiger partial charge < -0.3 is 14.5 Å². The molecule has 0 atom stereocenters. The summed E-state index contributed by atoms with van der Waals surface area (Å²) in [6.07, 6.45) is 1.93. The Labute approximate surface area is 94.7 Å². The molecular weight excluding hydrogens is 202 g/mol. The molecule has 84 valence electrons.